The highest BCUT2D eigenvalue weighted by atomic mass is 15.1. The van der Waals surface area contributed by atoms with Crippen LogP contribution in [0.15, 0.2) is 29.3 Å². The van der Waals surface area contributed by atoms with E-state index in [0.717, 1.165) is 18.8 Å². The minimum Gasteiger partial charge on any atom is -0.387 e. The highest BCUT2D eigenvalue weighted by Gasteiger charge is 2.13. The molecule has 0 saturated carbocycles. The van der Waals surface area contributed by atoms with Gasteiger partial charge in [-0.2, -0.15) is 0 Å². The van der Waals surface area contributed by atoms with Gasteiger partial charge in [0, 0.05) is 13.0 Å². The molecule has 1 heterocycles. The van der Waals surface area contributed by atoms with Crippen molar-refractivity contribution in [1.29, 1.82) is 0 Å². The molecule has 0 fully saturated rings. The Balaban J connectivity index is 1.64. The minimum atomic E-state index is 0.0425. The van der Waals surface area contributed by atoms with Crippen molar-refractivity contribution in [2.45, 2.75) is 77.3 Å². The fourth-order valence-corrected chi connectivity index (χ4v) is 3.13. The maximum Gasteiger partial charge on any atom is 0.127 e. The van der Waals surface area contributed by atoms with Crippen molar-refractivity contribution in [3.05, 3.63) is 35.4 Å². The summed E-state index contributed by atoms with van der Waals surface area (Å²) in [7, 11) is 0. The Bertz CT molecular complexity index is 464. The van der Waals surface area contributed by atoms with Gasteiger partial charge >= 0.3 is 0 Å². The molecule has 3 nitrogen and oxygen atoms in total. The van der Waals surface area contributed by atoms with Crippen LogP contribution in [0, 0.1) is 0 Å². The third-order valence-electron chi connectivity index (χ3n) is 4.63. The first-order chi connectivity index (χ1) is 11.3. The molecule has 3 heteroatoms. The molecule has 0 spiro atoms. The van der Waals surface area contributed by atoms with E-state index in [9.17, 15) is 0 Å². The van der Waals surface area contributed by atoms with E-state index in [0.29, 0.717) is 0 Å². The van der Waals surface area contributed by atoms with E-state index in [1.54, 1.807) is 0 Å². The summed E-state index contributed by atoms with van der Waals surface area (Å²) < 4.78 is 0. The van der Waals surface area contributed by atoms with E-state index in [4.69, 9.17) is 5.73 Å². The van der Waals surface area contributed by atoms with Gasteiger partial charge in [0.15, 0.2) is 0 Å². The summed E-state index contributed by atoms with van der Waals surface area (Å²) in [5.41, 5.74) is 8.49. The second kappa shape index (κ2) is 10.4. The molecule has 0 bridgehead atoms. The van der Waals surface area contributed by atoms with Gasteiger partial charge in [0.05, 0.1) is 5.84 Å². The Morgan fingerprint density at radius 2 is 1.65 bits per heavy atom. The largest absolute Gasteiger partial charge is 0.387 e. The third kappa shape index (κ3) is 6.74. The van der Waals surface area contributed by atoms with Gasteiger partial charge in [0.1, 0.15) is 6.17 Å². The highest BCUT2D eigenvalue weighted by Crippen LogP contribution is 2.19. The van der Waals surface area contributed by atoms with Crippen molar-refractivity contribution in [3.63, 3.8) is 0 Å². The van der Waals surface area contributed by atoms with Crippen LogP contribution >= 0.6 is 0 Å². The van der Waals surface area contributed by atoms with Crippen LogP contribution in [-0.2, 0) is 6.42 Å². The standard InChI is InChI=1S/C20H33N3/c1-2-3-4-5-6-7-8-9-10-17-11-13-18(14-12-17)20-22-16-15-19(21)23-20/h11-14,20,22H,2-10,15-16H2,1H3,(H2,21,23). The summed E-state index contributed by atoms with van der Waals surface area (Å²) in [5, 5.41) is 3.40. The summed E-state index contributed by atoms with van der Waals surface area (Å²) in [6.45, 7) is 3.19. The molecule has 128 valence electrons. The van der Waals surface area contributed by atoms with Crippen LogP contribution in [0.3, 0.4) is 0 Å². The molecular weight excluding hydrogens is 282 g/mol. The number of rotatable bonds is 10. The van der Waals surface area contributed by atoms with Crippen molar-refractivity contribution in [1.82, 2.24) is 5.32 Å². The molecule has 1 atom stereocenters. The smallest absolute Gasteiger partial charge is 0.127 e. The molecule has 3 N–H and O–H groups in total. The topological polar surface area (TPSA) is 50.4 Å². The van der Waals surface area contributed by atoms with E-state index in [2.05, 4.69) is 41.5 Å². The summed E-state index contributed by atoms with van der Waals surface area (Å²) in [6.07, 6.45) is 13.1. The molecule has 1 aliphatic heterocycles. The van der Waals surface area contributed by atoms with Crippen LogP contribution in [-0.4, -0.2) is 12.4 Å². The van der Waals surface area contributed by atoms with Crippen LogP contribution in [0.5, 0.6) is 0 Å². The average Bonchev–Trinajstić information content (AvgIpc) is 2.58. The molecular formula is C20H33N3. The Hall–Kier alpha value is -1.35. The molecule has 1 unspecified atom stereocenters. The van der Waals surface area contributed by atoms with Gasteiger partial charge in [0.25, 0.3) is 0 Å². The number of hydrogen-bond donors (Lipinski definition) is 2. The van der Waals surface area contributed by atoms with Gasteiger partial charge in [-0.1, -0.05) is 76.1 Å². The van der Waals surface area contributed by atoms with Crippen molar-refractivity contribution in [2.75, 3.05) is 6.54 Å². The molecule has 2 rings (SSSR count). The summed E-state index contributed by atoms with van der Waals surface area (Å²) in [4.78, 5) is 4.48. The zero-order valence-electron chi connectivity index (χ0n) is 14.7. The fourth-order valence-electron chi connectivity index (χ4n) is 3.13. The molecule has 1 aliphatic rings. The van der Waals surface area contributed by atoms with Gasteiger partial charge < -0.3 is 5.73 Å². The number of amidine groups is 1. The predicted molar refractivity (Wildman–Crippen MR) is 99.7 cm³/mol. The molecule has 0 aromatic heterocycles. The van der Waals surface area contributed by atoms with E-state index < -0.39 is 0 Å². The minimum absolute atomic E-state index is 0.0425. The van der Waals surface area contributed by atoms with E-state index >= 15 is 0 Å². The lowest BCUT2D eigenvalue weighted by molar-refractivity contribution is 0.539. The SMILES string of the molecule is CCCCCCCCCCc1ccc(C2N=C(N)CCN2)cc1. The van der Waals surface area contributed by atoms with Gasteiger partial charge in [-0.3, -0.25) is 5.32 Å². The number of hydrogen-bond acceptors (Lipinski definition) is 3. The number of aliphatic imine (C=N–C) groups is 1. The Morgan fingerprint density at radius 1 is 1.00 bits per heavy atom. The first kappa shape index (κ1) is 18.0. The van der Waals surface area contributed by atoms with Crippen LogP contribution < -0.4 is 11.1 Å². The number of nitrogens with zero attached hydrogens (tertiary/aromatic N) is 1. The molecule has 1 aromatic rings. The first-order valence-electron chi connectivity index (χ1n) is 9.44. The number of nitrogens with one attached hydrogen (secondary N) is 1. The fraction of sp³-hybridized carbons (Fsp3) is 0.650. The molecule has 23 heavy (non-hydrogen) atoms. The lowest BCUT2D eigenvalue weighted by Gasteiger charge is -2.20. The predicted octanol–water partition coefficient (Wildman–Crippen LogP) is 4.72. The van der Waals surface area contributed by atoms with E-state index in [1.165, 1.54) is 68.9 Å². The molecule has 0 saturated heterocycles. The second-order valence-electron chi connectivity index (χ2n) is 6.69. The first-order valence-corrected chi connectivity index (χ1v) is 9.44. The number of aryl methyl sites for hydroxylation is 1. The van der Waals surface area contributed by atoms with Gasteiger partial charge in [-0.15, -0.1) is 0 Å². The molecule has 0 radical (unpaired) electrons. The molecule has 0 amide bonds. The van der Waals surface area contributed by atoms with E-state index in [-0.39, 0.29) is 6.17 Å². The highest BCUT2D eigenvalue weighted by molar-refractivity contribution is 5.81. The molecule has 1 aromatic carbocycles. The van der Waals surface area contributed by atoms with Crippen LogP contribution in [0.25, 0.3) is 0 Å². The van der Waals surface area contributed by atoms with E-state index in [1.807, 2.05) is 0 Å². The maximum absolute atomic E-state index is 5.83. The van der Waals surface area contributed by atoms with Gasteiger partial charge in [-0.25, -0.2) is 4.99 Å². The quantitative estimate of drug-likeness (QED) is 0.614. The second-order valence-corrected chi connectivity index (χ2v) is 6.69. The Kier molecular flexibility index (Phi) is 8.16. The zero-order chi connectivity index (χ0) is 16.3. The maximum atomic E-state index is 5.83. The van der Waals surface area contributed by atoms with Crippen molar-refractivity contribution in [2.24, 2.45) is 10.7 Å². The Labute approximate surface area is 141 Å². The van der Waals surface area contributed by atoms with Gasteiger partial charge in [0.2, 0.25) is 0 Å². The van der Waals surface area contributed by atoms with Gasteiger partial charge in [-0.05, 0) is 24.0 Å². The number of benzene rings is 1. The third-order valence-corrected chi connectivity index (χ3v) is 4.63. The Morgan fingerprint density at radius 3 is 2.30 bits per heavy atom. The number of unbranched alkanes of at least 4 members (excludes halogenated alkanes) is 7. The average molecular weight is 316 g/mol. The summed E-state index contributed by atoms with van der Waals surface area (Å²) in [6, 6.07) is 8.89. The summed E-state index contributed by atoms with van der Waals surface area (Å²) in [5.74, 6) is 0.761. The lowest BCUT2D eigenvalue weighted by Crippen LogP contribution is -2.32. The zero-order valence-corrected chi connectivity index (χ0v) is 14.7. The molecule has 0 aliphatic carbocycles. The van der Waals surface area contributed by atoms with Crippen molar-refractivity contribution in [3.8, 4) is 0 Å². The number of nitrogens with two attached hydrogens (primary N) is 1. The van der Waals surface area contributed by atoms with Crippen molar-refractivity contribution < 1.29 is 0 Å². The normalized spacial score (nSPS) is 18.0. The van der Waals surface area contributed by atoms with Crippen LogP contribution in [0.4, 0.5) is 0 Å². The van der Waals surface area contributed by atoms with Crippen LogP contribution in [0.2, 0.25) is 0 Å². The van der Waals surface area contributed by atoms with Crippen LogP contribution in [0.1, 0.15) is 82.0 Å². The monoisotopic (exact) mass is 315 g/mol. The summed E-state index contributed by atoms with van der Waals surface area (Å²) >= 11 is 0. The van der Waals surface area contributed by atoms with Crippen molar-refractivity contribution >= 4 is 5.84 Å². The lowest BCUT2D eigenvalue weighted by atomic mass is 10.0.